The summed E-state index contributed by atoms with van der Waals surface area (Å²) < 4.78 is 9.21. The molecule has 0 aliphatic heterocycles. The molecular formula is C17H34N2O4. The third-order valence-electron chi connectivity index (χ3n) is 3.68. The molecule has 2 N–H and O–H groups in total. The summed E-state index contributed by atoms with van der Waals surface area (Å²) in [7, 11) is 1.22. The summed E-state index contributed by atoms with van der Waals surface area (Å²) in [5, 5.41) is 0. The third-order valence-corrected chi connectivity index (χ3v) is 3.68. The van der Waals surface area contributed by atoms with Crippen molar-refractivity contribution in [3.63, 3.8) is 0 Å². The number of hydrogen-bond acceptors (Lipinski definition) is 4. The van der Waals surface area contributed by atoms with Gasteiger partial charge in [-0.2, -0.15) is 0 Å². The van der Waals surface area contributed by atoms with Gasteiger partial charge in [0, 0.05) is 0 Å². The molecule has 0 rings (SSSR count). The molecule has 0 aromatic carbocycles. The van der Waals surface area contributed by atoms with Crippen LogP contribution in [0.15, 0.2) is 0 Å². The van der Waals surface area contributed by atoms with E-state index in [9.17, 15) is 9.59 Å². The molecule has 0 radical (unpaired) electrons. The highest BCUT2D eigenvalue weighted by Gasteiger charge is 2.03. The van der Waals surface area contributed by atoms with E-state index in [0.29, 0.717) is 6.61 Å². The molecule has 23 heavy (non-hydrogen) atoms. The minimum Gasteiger partial charge on any atom is -0.452 e. The Bertz CT molecular complexity index is 298. The SMILES string of the molecule is CCCCCCCCCCCCCCOC(=O)NNC(=O)OC. The molecule has 6 nitrogen and oxygen atoms in total. The maximum absolute atomic E-state index is 11.2. The molecule has 0 unspecified atom stereocenters. The Kier molecular flexibility index (Phi) is 15.8. The predicted octanol–water partition coefficient (Wildman–Crippen LogP) is 4.68. The number of unbranched alkanes of at least 4 members (excludes halogenated alkanes) is 11. The van der Waals surface area contributed by atoms with Crippen LogP contribution in [-0.4, -0.2) is 25.9 Å². The summed E-state index contributed by atoms with van der Waals surface area (Å²) in [5.74, 6) is 0. The van der Waals surface area contributed by atoms with Gasteiger partial charge in [-0.25, -0.2) is 20.4 Å². The monoisotopic (exact) mass is 330 g/mol. The van der Waals surface area contributed by atoms with Crippen molar-refractivity contribution in [2.45, 2.75) is 84.0 Å². The lowest BCUT2D eigenvalue weighted by molar-refractivity contribution is 0.131. The molecule has 0 aromatic heterocycles. The molecule has 0 aliphatic rings. The number of carbonyl (C=O) groups is 2. The quantitative estimate of drug-likeness (QED) is 0.379. The second kappa shape index (κ2) is 16.9. The Morgan fingerprint density at radius 2 is 1.13 bits per heavy atom. The lowest BCUT2D eigenvalue weighted by atomic mass is 10.1. The van der Waals surface area contributed by atoms with Gasteiger partial charge in [-0.05, 0) is 6.42 Å². The normalized spacial score (nSPS) is 10.2. The molecule has 0 spiro atoms. The largest absolute Gasteiger partial charge is 0.452 e. The second-order valence-electron chi connectivity index (χ2n) is 5.77. The van der Waals surface area contributed by atoms with Crippen molar-refractivity contribution in [1.29, 1.82) is 0 Å². The van der Waals surface area contributed by atoms with Crippen LogP contribution in [-0.2, 0) is 9.47 Å². The van der Waals surface area contributed by atoms with Gasteiger partial charge in [-0.15, -0.1) is 0 Å². The van der Waals surface area contributed by atoms with E-state index in [1.807, 2.05) is 5.43 Å². The van der Waals surface area contributed by atoms with Crippen LogP contribution in [0.25, 0.3) is 0 Å². The molecule has 0 saturated carbocycles. The summed E-state index contributed by atoms with van der Waals surface area (Å²) in [4.78, 5) is 21.9. The Morgan fingerprint density at radius 3 is 1.61 bits per heavy atom. The average molecular weight is 330 g/mol. The number of nitrogens with one attached hydrogen (secondary N) is 2. The van der Waals surface area contributed by atoms with Crippen LogP contribution in [0.4, 0.5) is 9.59 Å². The zero-order chi connectivity index (χ0) is 17.2. The molecule has 0 saturated heterocycles. The van der Waals surface area contributed by atoms with E-state index >= 15 is 0 Å². The summed E-state index contributed by atoms with van der Waals surface area (Å²) in [5.41, 5.74) is 4.13. The molecule has 0 heterocycles. The zero-order valence-electron chi connectivity index (χ0n) is 14.8. The highest BCUT2D eigenvalue weighted by Crippen LogP contribution is 2.11. The van der Waals surface area contributed by atoms with Crippen molar-refractivity contribution >= 4 is 12.2 Å². The van der Waals surface area contributed by atoms with Crippen molar-refractivity contribution in [1.82, 2.24) is 10.9 Å². The Hall–Kier alpha value is -1.46. The van der Waals surface area contributed by atoms with E-state index in [4.69, 9.17) is 4.74 Å². The Labute approximate surface area is 140 Å². The van der Waals surface area contributed by atoms with E-state index in [-0.39, 0.29) is 0 Å². The van der Waals surface area contributed by atoms with Crippen molar-refractivity contribution in [2.24, 2.45) is 0 Å². The summed E-state index contributed by atoms with van der Waals surface area (Å²) in [6.07, 6.45) is 13.8. The molecule has 0 fully saturated rings. The average Bonchev–Trinajstić information content (AvgIpc) is 2.56. The second-order valence-corrected chi connectivity index (χ2v) is 5.77. The highest BCUT2D eigenvalue weighted by molar-refractivity contribution is 5.73. The van der Waals surface area contributed by atoms with Gasteiger partial charge in [0.25, 0.3) is 0 Å². The van der Waals surface area contributed by atoms with Crippen LogP contribution in [0.2, 0.25) is 0 Å². The van der Waals surface area contributed by atoms with E-state index in [2.05, 4.69) is 17.1 Å². The fourth-order valence-corrected chi connectivity index (χ4v) is 2.30. The lowest BCUT2D eigenvalue weighted by Gasteiger charge is -2.07. The topological polar surface area (TPSA) is 76.7 Å². The molecule has 0 aliphatic carbocycles. The van der Waals surface area contributed by atoms with Crippen LogP contribution < -0.4 is 10.9 Å². The predicted molar refractivity (Wildman–Crippen MR) is 91.1 cm³/mol. The van der Waals surface area contributed by atoms with Gasteiger partial charge in [0.2, 0.25) is 0 Å². The maximum atomic E-state index is 11.2. The van der Waals surface area contributed by atoms with Gasteiger partial charge in [-0.3, -0.25) is 0 Å². The number of rotatable bonds is 13. The van der Waals surface area contributed by atoms with Crippen LogP contribution >= 0.6 is 0 Å². The minimum atomic E-state index is -0.729. The van der Waals surface area contributed by atoms with Crippen molar-refractivity contribution in [2.75, 3.05) is 13.7 Å². The fourth-order valence-electron chi connectivity index (χ4n) is 2.30. The first-order valence-electron chi connectivity index (χ1n) is 8.97. The zero-order valence-corrected chi connectivity index (χ0v) is 14.8. The van der Waals surface area contributed by atoms with Crippen LogP contribution in [0.3, 0.4) is 0 Å². The maximum Gasteiger partial charge on any atom is 0.426 e. The standard InChI is InChI=1S/C17H34N2O4/c1-3-4-5-6-7-8-9-10-11-12-13-14-15-23-17(21)19-18-16(20)22-2/h3-15H2,1-2H3,(H,18,20)(H,19,21). The Balaban J connectivity index is 3.15. The first-order chi connectivity index (χ1) is 11.2. The van der Waals surface area contributed by atoms with Gasteiger partial charge in [0.1, 0.15) is 0 Å². The molecule has 6 heteroatoms. The van der Waals surface area contributed by atoms with Gasteiger partial charge < -0.3 is 9.47 Å². The number of hydrazine groups is 1. The van der Waals surface area contributed by atoms with Crippen molar-refractivity contribution in [3.8, 4) is 0 Å². The smallest absolute Gasteiger partial charge is 0.426 e. The van der Waals surface area contributed by atoms with Crippen LogP contribution in [0.5, 0.6) is 0 Å². The molecule has 0 bridgehead atoms. The fraction of sp³-hybridized carbons (Fsp3) is 0.882. The summed E-state index contributed by atoms with van der Waals surface area (Å²) >= 11 is 0. The van der Waals surface area contributed by atoms with E-state index in [0.717, 1.165) is 12.8 Å². The van der Waals surface area contributed by atoms with Crippen molar-refractivity contribution < 1.29 is 19.1 Å². The van der Waals surface area contributed by atoms with Crippen LogP contribution in [0.1, 0.15) is 84.0 Å². The van der Waals surface area contributed by atoms with Gasteiger partial charge in [0.15, 0.2) is 0 Å². The first-order valence-corrected chi connectivity index (χ1v) is 8.97. The van der Waals surface area contributed by atoms with Gasteiger partial charge >= 0.3 is 12.2 Å². The number of hydrogen-bond donors (Lipinski definition) is 2. The van der Waals surface area contributed by atoms with E-state index in [1.54, 1.807) is 0 Å². The first kappa shape index (κ1) is 21.5. The summed E-state index contributed by atoms with van der Waals surface area (Å²) in [6, 6.07) is 0. The molecule has 2 amide bonds. The van der Waals surface area contributed by atoms with E-state index in [1.165, 1.54) is 71.3 Å². The Morgan fingerprint density at radius 1 is 0.696 bits per heavy atom. The molecular weight excluding hydrogens is 296 g/mol. The lowest BCUT2D eigenvalue weighted by Crippen LogP contribution is -2.41. The molecule has 0 atom stereocenters. The molecule has 136 valence electrons. The van der Waals surface area contributed by atoms with Crippen molar-refractivity contribution in [3.05, 3.63) is 0 Å². The number of ether oxygens (including phenoxy) is 2. The minimum absolute atomic E-state index is 0.367. The van der Waals surface area contributed by atoms with Gasteiger partial charge in [-0.1, -0.05) is 77.6 Å². The third kappa shape index (κ3) is 16.7. The van der Waals surface area contributed by atoms with E-state index < -0.39 is 12.2 Å². The van der Waals surface area contributed by atoms with Gasteiger partial charge in [0.05, 0.1) is 13.7 Å². The summed E-state index contributed by atoms with van der Waals surface area (Å²) in [6.45, 7) is 2.61. The number of carbonyl (C=O) groups excluding carboxylic acids is 2. The molecule has 0 aromatic rings. The van der Waals surface area contributed by atoms with Crippen LogP contribution in [0, 0.1) is 0 Å². The number of methoxy groups -OCH3 is 1. The number of amides is 2. The highest BCUT2D eigenvalue weighted by atomic mass is 16.6.